The van der Waals surface area contributed by atoms with Gasteiger partial charge in [0, 0.05) is 26.2 Å². The zero-order chi connectivity index (χ0) is 13.4. The molecule has 2 rings (SSSR count). The van der Waals surface area contributed by atoms with Gasteiger partial charge < -0.3 is 20.1 Å². The van der Waals surface area contributed by atoms with Crippen LogP contribution in [-0.4, -0.2) is 54.0 Å². The third-order valence-corrected chi connectivity index (χ3v) is 4.08. The highest BCUT2D eigenvalue weighted by Gasteiger charge is 2.43. The van der Waals surface area contributed by atoms with E-state index < -0.39 is 6.09 Å². The van der Waals surface area contributed by atoms with E-state index in [4.69, 9.17) is 9.84 Å². The molecule has 2 fully saturated rings. The van der Waals surface area contributed by atoms with Gasteiger partial charge in [0.2, 0.25) is 0 Å². The molecule has 0 radical (unpaired) electrons. The first kappa shape index (κ1) is 13.6. The third-order valence-electron chi connectivity index (χ3n) is 4.08. The smallest absolute Gasteiger partial charge is 0.407 e. The van der Waals surface area contributed by atoms with Crippen LogP contribution < -0.4 is 5.32 Å². The molecule has 2 aliphatic rings. The van der Waals surface area contributed by atoms with Crippen LogP contribution in [0, 0.1) is 5.41 Å². The Hall–Kier alpha value is -0.810. The number of morpholine rings is 1. The number of nitrogens with zero attached hydrogens (tertiary/aromatic N) is 1. The quantitative estimate of drug-likeness (QED) is 0.690. The predicted octanol–water partition coefficient (Wildman–Crippen LogP) is 1.53. The van der Waals surface area contributed by atoms with Gasteiger partial charge in [-0.05, 0) is 18.3 Å². The second-order valence-corrected chi connectivity index (χ2v) is 6.56. The molecule has 0 aliphatic carbocycles. The van der Waals surface area contributed by atoms with Crippen molar-refractivity contribution in [1.29, 1.82) is 0 Å². The Balaban J connectivity index is 1.99. The van der Waals surface area contributed by atoms with Gasteiger partial charge in [-0.2, -0.15) is 0 Å². The van der Waals surface area contributed by atoms with Gasteiger partial charge in [-0.3, -0.25) is 0 Å². The van der Waals surface area contributed by atoms with E-state index in [1.165, 1.54) is 4.90 Å². The molecular weight excluding hydrogens is 232 g/mol. The minimum absolute atomic E-state index is 0.115. The Morgan fingerprint density at radius 1 is 1.39 bits per heavy atom. The molecule has 0 aromatic rings. The molecular formula is C13H24N2O3. The number of piperidine rings is 1. The van der Waals surface area contributed by atoms with Gasteiger partial charge in [-0.1, -0.05) is 20.8 Å². The van der Waals surface area contributed by atoms with E-state index in [1.807, 2.05) is 0 Å². The molecule has 104 valence electrons. The SMILES string of the molecule is CC(C)(C)C1CNCC2(CCN(C(=O)O)CC2)O1. The molecule has 1 amide bonds. The molecule has 1 atom stereocenters. The summed E-state index contributed by atoms with van der Waals surface area (Å²) < 4.78 is 6.33. The zero-order valence-corrected chi connectivity index (χ0v) is 11.5. The van der Waals surface area contributed by atoms with Crippen LogP contribution in [0.2, 0.25) is 0 Å². The largest absolute Gasteiger partial charge is 0.465 e. The molecule has 2 saturated heterocycles. The second kappa shape index (κ2) is 4.70. The highest BCUT2D eigenvalue weighted by molar-refractivity contribution is 5.65. The normalized spacial score (nSPS) is 28.4. The van der Waals surface area contributed by atoms with Crippen molar-refractivity contribution in [1.82, 2.24) is 10.2 Å². The lowest BCUT2D eigenvalue weighted by Gasteiger charge is -2.49. The monoisotopic (exact) mass is 256 g/mol. The Morgan fingerprint density at radius 3 is 2.50 bits per heavy atom. The molecule has 2 aliphatic heterocycles. The van der Waals surface area contributed by atoms with E-state index in [2.05, 4.69) is 26.1 Å². The van der Waals surface area contributed by atoms with Crippen molar-refractivity contribution in [3.8, 4) is 0 Å². The Morgan fingerprint density at radius 2 is 2.00 bits per heavy atom. The van der Waals surface area contributed by atoms with E-state index in [-0.39, 0.29) is 17.1 Å². The highest BCUT2D eigenvalue weighted by Crippen LogP contribution is 2.34. The van der Waals surface area contributed by atoms with Crippen LogP contribution in [0.1, 0.15) is 33.6 Å². The third kappa shape index (κ3) is 2.78. The van der Waals surface area contributed by atoms with Crippen molar-refractivity contribution < 1.29 is 14.6 Å². The van der Waals surface area contributed by atoms with Crippen molar-refractivity contribution in [3.05, 3.63) is 0 Å². The number of hydrogen-bond acceptors (Lipinski definition) is 3. The van der Waals surface area contributed by atoms with Gasteiger partial charge >= 0.3 is 6.09 Å². The van der Waals surface area contributed by atoms with Crippen LogP contribution in [-0.2, 0) is 4.74 Å². The average molecular weight is 256 g/mol. The summed E-state index contributed by atoms with van der Waals surface area (Å²) in [4.78, 5) is 12.4. The number of carboxylic acid groups (broad SMARTS) is 1. The summed E-state index contributed by atoms with van der Waals surface area (Å²) in [5.41, 5.74) is -0.0491. The maximum atomic E-state index is 10.9. The number of ether oxygens (including phenoxy) is 1. The summed E-state index contributed by atoms with van der Waals surface area (Å²) in [5.74, 6) is 0. The van der Waals surface area contributed by atoms with Crippen LogP contribution in [0.4, 0.5) is 4.79 Å². The average Bonchev–Trinajstić information content (AvgIpc) is 2.28. The van der Waals surface area contributed by atoms with Gasteiger partial charge in [-0.15, -0.1) is 0 Å². The van der Waals surface area contributed by atoms with Crippen LogP contribution in [0.5, 0.6) is 0 Å². The molecule has 2 N–H and O–H groups in total. The lowest BCUT2D eigenvalue weighted by atomic mass is 9.83. The Labute approximate surface area is 108 Å². The van der Waals surface area contributed by atoms with Crippen LogP contribution >= 0.6 is 0 Å². The number of carbonyl (C=O) groups is 1. The first-order valence-corrected chi connectivity index (χ1v) is 6.69. The first-order valence-electron chi connectivity index (χ1n) is 6.69. The van der Waals surface area contributed by atoms with Crippen molar-refractivity contribution in [3.63, 3.8) is 0 Å². The molecule has 0 aromatic carbocycles. The van der Waals surface area contributed by atoms with Gasteiger partial charge in [-0.25, -0.2) is 4.79 Å². The Bertz CT molecular complexity index is 317. The summed E-state index contributed by atoms with van der Waals surface area (Å²) in [5, 5.41) is 12.4. The van der Waals surface area contributed by atoms with Gasteiger partial charge in [0.25, 0.3) is 0 Å². The number of nitrogens with one attached hydrogen (secondary N) is 1. The van der Waals surface area contributed by atoms with E-state index in [9.17, 15) is 4.79 Å². The molecule has 0 aromatic heterocycles. The van der Waals surface area contributed by atoms with Gasteiger partial charge in [0.15, 0.2) is 0 Å². The number of hydrogen-bond donors (Lipinski definition) is 2. The van der Waals surface area contributed by atoms with E-state index in [0.717, 1.165) is 25.9 Å². The summed E-state index contributed by atoms with van der Waals surface area (Å²) in [6.07, 6.45) is 0.959. The molecule has 0 bridgehead atoms. The van der Waals surface area contributed by atoms with Crippen LogP contribution in [0.3, 0.4) is 0 Å². The van der Waals surface area contributed by atoms with Crippen molar-refractivity contribution in [2.24, 2.45) is 5.41 Å². The fourth-order valence-corrected chi connectivity index (χ4v) is 2.70. The second-order valence-electron chi connectivity index (χ2n) is 6.56. The number of rotatable bonds is 0. The highest BCUT2D eigenvalue weighted by atomic mass is 16.5. The fraction of sp³-hybridized carbons (Fsp3) is 0.923. The zero-order valence-electron chi connectivity index (χ0n) is 11.5. The van der Waals surface area contributed by atoms with Crippen LogP contribution in [0.15, 0.2) is 0 Å². The fourth-order valence-electron chi connectivity index (χ4n) is 2.70. The molecule has 5 heteroatoms. The first-order chi connectivity index (χ1) is 8.32. The lowest BCUT2D eigenvalue weighted by Crippen LogP contribution is -2.61. The van der Waals surface area contributed by atoms with Crippen molar-refractivity contribution in [2.75, 3.05) is 26.2 Å². The van der Waals surface area contributed by atoms with E-state index in [1.54, 1.807) is 0 Å². The van der Waals surface area contributed by atoms with E-state index in [0.29, 0.717) is 13.1 Å². The van der Waals surface area contributed by atoms with Gasteiger partial charge in [0.1, 0.15) is 0 Å². The molecule has 2 heterocycles. The maximum absolute atomic E-state index is 10.9. The summed E-state index contributed by atoms with van der Waals surface area (Å²) in [7, 11) is 0. The standard InChI is InChI=1S/C13H24N2O3/c1-12(2,3)10-8-14-9-13(18-10)4-6-15(7-5-13)11(16)17/h10,14H,4-9H2,1-3H3,(H,16,17). The van der Waals surface area contributed by atoms with Crippen molar-refractivity contribution >= 4 is 6.09 Å². The number of likely N-dealkylation sites (tertiary alicyclic amines) is 1. The molecule has 0 saturated carbocycles. The van der Waals surface area contributed by atoms with Crippen molar-refractivity contribution in [2.45, 2.75) is 45.3 Å². The molecule has 1 unspecified atom stereocenters. The molecule has 5 nitrogen and oxygen atoms in total. The lowest BCUT2D eigenvalue weighted by molar-refractivity contribution is -0.169. The Kier molecular flexibility index (Phi) is 3.56. The topological polar surface area (TPSA) is 61.8 Å². The summed E-state index contributed by atoms with van der Waals surface area (Å²) in [6, 6.07) is 0. The predicted molar refractivity (Wildman–Crippen MR) is 68.8 cm³/mol. The minimum Gasteiger partial charge on any atom is -0.465 e. The summed E-state index contributed by atoms with van der Waals surface area (Å²) in [6.45, 7) is 9.43. The maximum Gasteiger partial charge on any atom is 0.407 e. The molecule has 1 spiro atoms. The minimum atomic E-state index is -0.819. The van der Waals surface area contributed by atoms with Gasteiger partial charge in [0.05, 0.1) is 11.7 Å². The molecule has 18 heavy (non-hydrogen) atoms. The number of amides is 1. The van der Waals surface area contributed by atoms with Crippen LogP contribution in [0.25, 0.3) is 0 Å². The summed E-state index contributed by atoms with van der Waals surface area (Å²) >= 11 is 0. The van der Waals surface area contributed by atoms with E-state index >= 15 is 0 Å².